The molecular formula is C10H15F2N3O2S. The van der Waals surface area contributed by atoms with Crippen LogP contribution in [0.15, 0.2) is 11.4 Å². The molecule has 0 atom stereocenters. The Morgan fingerprint density at radius 3 is 2.89 bits per heavy atom. The standard InChI is InChI=1S/C10H15F2N3O2S/c11-8(12)6-15(2-3-16)5-7-1-4-18-9(7)10(17)14-13/h1,4,8,16H,2-3,5-6,13H2,(H,14,17). The van der Waals surface area contributed by atoms with Gasteiger partial charge in [0.2, 0.25) is 0 Å². The van der Waals surface area contributed by atoms with Crippen LogP contribution >= 0.6 is 11.3 Å². The van der Waals surface area contributed by atoms with Gasteiger partial charge in [-0.3, -0.25) is 15.1 Å². The van der Waals surface area contributed by atoms with E-state index < -0.39 is 18.9 Å². The van der Waals surface area contributed by atoms with Gasteiger partial charge in [0, 0.05) is 13.1 Å². The molecule has 0 aliphatic rings. The Labute approximate surface area is 107 Å². The van der Waals surface area contributed by atoms with Gasteiger partial charge < -0.3 is 5.11 Å². The minimum absolute atomic E-state index is 0.129. The van der Waals surface area contributed by atoms with E-state index in [1.165, 1.54) is 16.2 Å². The number of amides is 1. The molecule has 5 nitrogen and oxygen atoms in total. The minimum Gasteiger partial charge on any atom is -0.395 e. The summed E-state index contributed by atoms with van der Waals surface area (Å²) >= 11 is 1.19. The number of nitrogen functional groups attached to an aromatic ring is 1. The highest BCUT2D eigenvalue weighted by Crippen LogP contribution is 2.18. The molecule has 18 heavy (non-hydrogen) atoms. The molecule has 1 rings (SSSR count). The summed E-state index contributed by atoms with van der Waals surface area (Å²) in [6, 6.07) is 1.69. The molecule has 0 aromatic carbocycles. The number of carbonyl (C=O) groups is 1. The Morgan fingerprint density at radius 1 is 1.61 bits per heavy atom. The number of aliphatic hydroxyl groups excluding tert-OH is 1. The second kappa shape index (κ2) is 7.37. The van der Waals surface area contributed by atoms with Crippen LogP contribution in [0, 0.1) is 0 Å². The SMILES string of the molecule is NNC(=O)c1sccc1CN(CCO)CC(F)F. The quantitative estimate of drug-likeness (QED) is 0.384. The molecule has 0 radical (unpaired) electrons. The summed E-state index contributed by atoms with van der Waals surface area (Å²) in [6.07, 6.45) is -2.48. The number of nitrogens with zero attached hydrogens (tertiary/aromatic N) is 1. The van der Waals surface area contributed by atoms with E-state index in [2.05, 4.69) is 0 Å². The van der Waals surface area contributed by atoms with Gasteiger partial charge >= 0.3 is 0 Å². The zero-order valence-electron chi connectivity index (χ0n) is 9.60. The van der Waals surface area contributed by atoms with Gasteiger partial charge in [0.1, 0.15) is 0 Å². The number of thiophene rings is 1. The molecule has 0 spiro atoms. The number of alkyl halides is 2. The Morgan fingerprint density at radius 2 is 2.33 bits per heavy atom. The maximum absolute atomic E-state index is 12.3. The third-order valence-corrected chi connectivity index (χ3v) is 3.25. The van der Waals surface area contributed by atoms with Gasteiger partial charge in [-0.25, -0.2) is 14.6 Å². The predicted octanol–water partition coefficient (Wildman–Crippen LogP) is 0.411. The molecule has 1 aromatic heterocycles. The van der Waals surface area contributed by atoms with Crippen molar-refractivity contribution in [1.29, 1.82) is 0 Å². The van der Waals surface area contributed by atoms with Crippen molar-refractivity contribution >= 4 is 17.2 Å². The van der Waals surface area contributed by atoms with E-state index in [9.17, 15) is 13.6 Å². The Bertz CT molecular complexity index is 387. The van der Waals surface area contributed by atoms with Crippen LogP contribution in [0.25, 0.3) is 0 Å². The first-order valence-electron chi connectivity index (χ1n) is 5.27. The number of rotatable bonds is 7. The number of nitrogens with two attached hydrogens (primary N) is 1. The normalized spacial score (nSPS) is 11.2. The summed E-state index contributed by atoms with van der Waals surface area (Å²) < 4.78 is 24.7. The number of hydrazine groups is 1. The summed E-state index contributed by atoms with van der Waals surface area (Å²) in [5, 5.41) is 10.5. The molecular weight excluding hydrogens is 264 g/mol. The molecule has 4 N–H and O–H groups in total. The van der Waals surface area contributed by atoms with Crippen molar-refractivity contribution in [3.63, 3.8) is 0 Å². The largest absolute Gasteiger partial charge is 0.395 e. The lowest BCUT2D eigenvalue weighted by atomic mass is 10.2. The topological polar surface area (TPSA) is 78.6 Å². The average Bonchev–Trinajstić information content (AvgIpc) is 2.75. The monoisotopic (exact) mass is 279 g/mol. The first-order chi connectivity index (χ1) is 8.58. The van der Waals surface area contributed by atoms with E-state index in [1.54, 1.807) is 11.4 Å². The van der Waals surface area contributed by atoms with Crippen LogP contribution in [0.2, 0.25) is 0 Å². The van der Waals surface area contributed by atoms with Crippen LogP contribution in [0.1, 0.15) is 15.2 Å². The zero-order valence-corrected chi connectivity index (χ0v) is 10.4. The highest BCUT2D eigenvalue weighted by Gasteiger charge is 2.17. The van der Waals surface area contributed by atoms with E-state index in [-0.39, 0.29) is 19.7 Å². The molecule has 0 saturated heterocycles. The molecule has 0 unspecified atom stereocenters. The lowest BCUT2D eigenvalue weighted by Gasteiger charge is -2.20. The summed E-state index contributed by atoms with van der Waals surface area (Å²) in [7, 11) is 0. The van der Waals surface area contributed by atoms with Crippen molar-refractivity contribution in [1.82, 2.24) is 10.3 Å². The number of halogens is 2. The van der Waals surface area contributed by atoms with Crippen molar-refractivity contribution in [2.24, 2.45) is 5.84 Å². The van der Waals surface area contributed by atoms with Crippen LogP contribution in [0.4, 0.5) is 8.78 Å². The number of nitrogens with one attached hydrogen (secondary N) is 1. The van der Waals surface area contributed by atoms with Gasteiger partial charge in [-0.05, 0) is 17.0 Å². The van der Waals surface area contributed by atoms with Gasteiger partial charge in [0.15, 0.2) is 0 Å². The summed E-state index contributed by atoms with van der Waals surface area (Å²) in [6.45, 7) is -0.351. The Balaban J connectivity index is 2.74. The second-order valence-electron chi connectivity index (χ2n) is 3.60. The molecule has 0 fully saturated rings. The highest BCUT2D eigenvalue weighted by molar-refractivity contribution is 7.12. The minimum atomic E-state index is -2.48. The fourth-order valence-electron chi connectivity index (χ4n) is 1.54. The van der Waals surface area contributed by atoms with Gasteiger partial charge in [0.25, 0.3) is 12.3 Å². The maximum Gasteiger partial charge on any atom is 0.275 e. The van der Waals surface area contributed by atoms with Crippen LogP contribution in [0.5, 0.6) is 0 Å². The van der Waals surface area contributed by atoms with Gasteiger partial charge in [-0.1, -0.05) is 0 Å². The predicted molar refractivity (Wildman–Crippen MR) is 64.3 cm³/mol. The van der Waals surface area contributed by atoms with Gasteiger partial charge in [-0.2, -0.15) is 0 Å². The number of carbonyl (C=O) groups excluding carboxylic acids is 1. The van der Waals surface area contributed by atoms with Crippen molar-refractivity contribution < 1.29 is 18.7 Å². The highest BCUT2D eigenvalue weighted by atomic mass is 32.1. The molecule has 0 aliphatic carbocycles. The van der Waals surface area contributed by atoms with Gasteiger partial charge in [0.05, 0.1) is 18.0 Å². The number of aliphatic hydroxyl groups is 1. The van der Waals surface area contributed by atoms with Crippen LogP contribution in [0.3, 0.4) is 0 Å². The molecule has 1 heterocycles. The lowest BCUT2D eigenvalue weighted by Crippen LogP contribution is -2.33. The third-order valence-electron chi connectivity index (χ3n) is 2.29. The average molecular weight is 279 g/mol. The Hall–Kier alpha value is -1.09. The third kappa shape index (κ3) is 4.30. The summed E-state index contributed by atoms with van der Waals surface area (Å²) in [4.78, 5) is 13.2. The molecule has 8 heteroatoms. The van der Waals surface area contributed by atoms with E-state index in [1.807, 2.05) is 5.43 Å². The molecule has 1 aromatic rings. The van der Waals surface area contributed by atoms with E-state index in [4.69, 9.17) is 10.9 Å². The second-order valence-corrected chi connectivity index (χ2v) is 4.51. The van der Waals surface area contributed by atoms with Crippen molar-refractivity contribution in [2.75, 3.05) is 19.7 Å². The van der Waals surface area contributed by atoms with Crippen molar-refractivity contribution in [2.45, 2.75) is 13.0 Å². The summed E-state index contributed by atoms with van der Waals surface area (Å²) in [5.74, 6) is 4.59. The maximum atomic E-state index is 12.3. The molecule has 0 bridgehead atoms. The molecule has 0 aliphatic heterocycles. The van der Waals surface area contributed by atoms with E-state index >= 15 is 0 Å². The van der Waals surface area contributed by atoms with E-state index in [0.29, 0.717) is 10.4 Å². The van der Waals surface area contributed by atoms with Crippen LogP contribution in [-0.2, 0) is 6.54 Å². The van der Waals surface area contributed by atoms with Crippen molar-refractivity contribution in [3.8, 4) is 0 Å². The first-order valence-corrected chi connectivity index (χ1v) is 6.15. The smallest absolute Gasteiger partial charge is 0.275 e. The van der Waals surface area contributed by atoms with E-state index in [0.717, 1.165) is 0 Å². The molecule has 1 amide bonds. The summed E-state index contributed by atoms with van der Waals surface area (Å²) in [5.41, 5.74) is 2.63. The number of hydrogen-bond donors (Lipinski definition) is 3. The molecule has 0 saturated carbocycles. The zero-order chi connectivity index (χ0) is 13.5. The van der Waals surface area contributed by atoms with Crippen molar-refractivity contribution in [3.05, 3.63) is 21.9 Å². The molecule has 102 valence electrons. The van der Waals surface area contributed by atoms with Crippen LogP contribution in [-0.4, -0.2) is 42.0 Å². The Kier molecular flexibility index (Phi) is 6.13. The fraction of sp³-hybridized carbons (Fsp3) is 0.500. The first kappa shape index (κ1) is 15.0. The fourth-order valence-corrected chi connectivity index (χ4v) is 2.36. The van der Waals surface area contributed by atoms with Gasteiger partial charge in [-0.15, -0.1) is 11.3 Å². The lowest BCUT2D eigenvalue weighted by molar-refractivity contribution is 0.0745. The van der Waals surface area contributed by atoms with Crippen LogP contribution < -0.4 is 11.3 Å². The number of hydrogen-bond acceptors (Lipinski definition) is 5.